The van der Waals surface area contributed by atoms with Crippen molar-refractivity contribution in [2.45, 2.75) is 33.2 Å². The SMILES string of the molecule is Cc1cc2ncn(CC3CCN(C(=O)c4ccccc4Cl)CC3)c2cc1C. The van der Waals surface area contributed by atoms with E-state index in [0.717, 1.165) is 38.0 Å². The highest BCUT2D eigenvalue weighted by Gasteiger charge is 2.25. The van der Waals surface area contributed by atoms with Gasteiger partial charge in [0.2, 0.25) is 0 Å². The molecule has 0 atom stereocenters. The molecule has 1 amide bonds. The van der Waals surface area contributed by atoms with Crippen molar-refractivity contribution < 1.29 is 4.79 Å². The molecule has 2 aromatic carbocycles. The van der Waals surface area contributed by atoms with E-state index >= 15 is 0 Å². The molecule has 1 aromatic heterocycles. The summed E-state index contributed by atoms with van der Waals surface area (Å²) in [5.74, 6) is 0.595. The molecule has 0 unspecified atom stereocenters. The minimum absolute atomic E-state index is 0.0400. The summed E-state index contributed by atoms with van der Waals surface area (Å²) in [6, 6.07) is 11.7. The number of nitrogens with zero attached hydrogens (tertiary/aromatic N) is 3. The topological polar surface area (TPSA) is 38.1 Å². The van der Waals surface area contributed by atoms with Crippen LogP contribution in [-0.4, -0.2) is 33.4 Å². The molecule has 4 rings (SSSR count). The second-order valence-corrected chi connectivity index (χ2v) is 7.94. The molecule has 2 heterocycles. The molecule has 1 fully saturated rings. The van der Waals surface area contributed by atoms with Gasteiger partial charge in [-0.3, -0.25) is 4.79 Å². The summed E-state index contributed by atoms with van der Waals surface area (Å²) < 4.78 is 2.26. The molecule has 3 aromatic rings. The highest BCUT2D eigenvalue weighted by atomic mass is 35.5. The van der Waals surface area contributed by atoms with E-state index in [0.29, 0.717) is 16.5 Å². The fourth-order valence-corrected chi connectivity index (χ4v) is 4.08. The molecule has 140 valence electrons. The van der Waals surface area contributed by atoms with E-state index in [9.17, 15) is 4.79 Å². The average molecular weight is 382 g/mol. The first-order valence-corrected chi connectivity index (χ1v) is 9.86. The number of hydrogen-bond donors (Lipinski definition) is 0. The number of halogens is 1. The Hall–Kier alpha value is -2.33. The normalized spacial score (nSPS) is 15.4. The number of hydrogen-bond acceptors (Lipinski definition) is 2. The molecular weight excluding hydrogens is 358 g/mol. The van der Waals surface area contributed by atoms with Gasteiger partial charge in [0.15, 0.2) is 0 Å². The van der Waals surface area contributed by atoms with Crippen molar-refractivity contribution in [3.05, 3.63) is 64.4 Å². The Bertz CT molecular complexity index is 986. The van der Waals surface area contributed by atoms with Crippen LogP contribution in [0.25, 0.3) is 11.0 Å². The van der Waals surface area contributed by atoms with Gasteiger partial charge in [-0.2, -0.15) is 0 Å². The zero-order valence-corrected chi connectivity index (χ0v) is 16.5. The van der Waals surface area contributed by atoms with Gasteiger partial charge in [-0.25, -0.2) is 4.98 Å². The first-order valence-electron chi connectivity index (χ1n) is 9.49. The van der Waals surface area contributed by atoms with Gasteiger partial charge in [0.05, 0.1) is 27.9 Å². The van der Waals surface area contributed by atoms with E-state index < -0.39 is 0 Å². The van der Waals surface area contributed by atoms with Crippen molar-refractivity contribution in [3.63, 3.8) is 0 Å². The molecule has 0 saturated carbocycles. The van der Waals surface area contributed by atoms with E-state index in [2.05, 4.69) is 35.5 Å². The average Bonchev–Trinajstić information content (AvgIpc) is 3.04. The summed E-state index contributed by atoms with van der Waals surface area (Å²) >= 11 is 6.18. The molecule has 1 saturated heterocycles. The van der Waals surface area contributed by atoms with Crippen molar-refractivity contribution in [3.8, 4) is 0 Å². The van der Waals surface area contributed by atoms with Crippen LogP contribution in [0.4, 0.5) is 0 Å². The third kappa shape index (κ3) is 3.59. The summed E-state index contributed by atoms with van der Waals surface area (Å²) in [7, 11) is 0. The van der Waals surface area contributed by atoms with E-state index in [1.807, 2.05) is 23.4 Å². The van der Waals surface area contributed by atoms with E-state index in [1.165, 1.54) is 16.6 Å². The standard InChI is InChI=1S/C22H24ClN3O/c1-15-11-20-21(12-16(15)2)26(14-24-20)13-17-7-9-25(10-8-17)22(27)18-5-3-4-6-19(18)23/h3-6,11-12,14,17H,7-10,13H2,1-2H3. The van der Waals surface area contributed by atoms with Gasteiger partial charge < -0.3 is 9.47 Å². The van der Waals surface area contributed by atoms with E-state index in [-0.39, 0.29) is 5.91 Å². The number of aryl methyl sites for hydroxylation is 2. The monoisotopic (exact) mass is 381 g/mol. The smallest absolute Gasteiger partial charge is 0.255 e. The van der Waals surface area contributed by atoms with Gasteiger partial charge >= 0.3 is 0 Å². The van der Waals surface area contributed by atoms with E-state index in [1.54, 1.807) is 12.1 Å². The number of amides is 1. The molecule has 0 radical (unpaired) electrons. The predicted molar refractivity (Wildman–Crippen MR) is 109 cm³/mol. The minimum Gasteiger partial charge on any atom is -0.339 e. The lowest BCUT2D eigenvalue weighted by Gasteiger charge is -2.32. The number of likely N-dealkylation sites (tertiary alicyclic amines) is 1. The Kier molecular flexibility index (Phi) is 4.92. The Morgan fingerprint density at radius 1 is 1.15 bits per heavy atom. The number of carbonyl (C=O) groups is 1. The molecule has 0 aliphatic carbocycles. The summed E-state index contributed by atoms with van der Waals surface area (Å²) in [5, 5.41) is 0.528. The second kappa shape index (κ2) is 7.35. The Labute approximate surface area is 164 Å². The molecule has 4 nitrogen and oxygen atoms in total. The third-order valence-corrected chi connectivity index (χ3v) is 6.03. The molecule has 27 heavy (non-hydrogen) atoms. The van der Waals surface area contributed by atoms with Crippen LogP contribution >= 0.6 is 11.6 Å². The summed E-state index contributed by atoms with van der Waals surface area (Å²) in [4.78, 5) is 19.2. The van der Waals surface area contributed by atoms with Crippen LogP contribution in [0.2, 0.25) is 5.02 Å². The summed E-state index contributed by atoms with van der Waals surface area (Å²) in [6.45, 7) is 6.77. The Morgan fingerprint density at radius 3 is 2.59 bits per heavy atom. The molecule has 1 aliphatic heterocycles. The van der Waals surface area contributed by atoms with Crippen molar-refractivity contribution in [1.82, 2.24) is 14.5 Å². The van der Waals surface area contributed by atoms with Crippen molar-refractivity contribution >= 4 is 28.5 Å². The maximum atomic E-state index is 12.7. The van der Waals surface area contributed by atoms with Crippen LogP contribution in [0.5, 0.6) is 0 Å². The maximum Gasteiger partial charge on any atom is 0.255 e. The van der Waals surface area contributed by atoms with Crippen molar-refractivity contribution in [2.75, 3.05) is 13.1 Å². The lowest BCUT2D eigenvalue weighted by Crippen LogP contribution is -2.39. The molecule has 1 aliphatic rings. The fraction of sp³-hybridized carbons (Fsp3) is 0.364. The van der Waals surface area contributed by atoms with Gasteiger partial charge in [0, 0.05) is 19.6 Å². The summed E-state index contributed by atoms with van der Waals surface area (Å²) in [6.07, 6.45) is 3.95. The van der Waals surface area contributed by atoms with Crippen LogP contribution in [0, 0.1) is 19.8 Å². The van der Waals surface area contributed by atoms with Gasteiger partial charge in [-0.15, -0.1) is 0 Å². The number of piperidine rings is 1. The maximum absolute atomic E-state index is 12.7. The van der Waals surface area contributed by atoms with Gasteiger partial charge in [0.1, 0.15) is 0 Å². The van der Waals surface area contributed by atoms with Crippen LogP contribution in [0.3, 0.4) is 0 Å². The Morgan fingerprint density at radius 2 is 1.85 bits per heavy atom. The summed E-state index contributed by atoms with van der Waals surface area (Å²) in [5.41, 5.74) is 5.43. The number of imidazole rings is 1. The fourth-order valence-electron chi connectivity index (χ4n) is 3.86. The van der Waals surface area contributed by atoms with E-state index in [4.69, 9.17) is 11.6 Å². The third-order valence-electron chi connectivity index (χ3n) is 5.70. The lowest BCUT2D eigenvalue weighted by atomic mass is 9.96. The Balaban J connectivity index is 1.42. The number of rotatable bonds is 3. The largest absolute Gasteiger partial charge is 0.339 e. The van der Waals surface area contributed by atoms with Crippen molar-refractivity contribution in [1.29, 1.82) is 0 Å². The van der Waals surface area contributed by atoms with Gasteiger partial charge in [-0.1, -0.05) is 23.7 Å². The highest BCUT2D eigenvalue weighted by molar-refractivity contribution is 6.33. The lowest BCUT2D eigenvalue weighted by molar-refractivity contribution is 0.0683. The first kappa shape index (κ1) is 18.1. The zero-order chi connectivity index (χ0) is 19.0. The zero-order valence-electron chi connectivity index (χ0n) is 15.8. The first-order chi connectivity index (χ1) is 13.0. The highest BCUT2D eigenvalue weighted by Crippen LogP contribution is 2.25. The predicted octanol–water partition coefficient (Wildman–Crippen LogP) is 4.86. The number of aromatic nitrogens is 2. The molecule has 0 N–H and O–H groups in total. The van der Waals surface area contributed by atoms with Gasteiger partial charge in [0.25, 0.3) is 5.91 Å². The van der Waals surface area contributed by atoms with Crippen LogP contribution < -0.4 is 0 Å². The van der Waals surface area contributed by atoms with Crippen LogP contribution in [-0.2, 0) is 6.54 Å². The van der Waals surface area contributed by atoms with Crippen LogP contribution in [0.1, 0.15) is 34.3 Å². The second-order valence-electron chi connectivity index (χ2n) is 7.54. The molecule has 0 bridgehead atoms. The number of benzene rings is 2. The molecule has 5 heteroatoms. The van der Waals surface area contributed by atoms with Crippen molar-refractivity contribution in [2.24, 2.45) is 5.92 Å². The minimum atomic E-state index is 0.0400. The molecule has 0 spiro atoms. The number of carbonyl (C=O) groups excluding carboxylic acids is 1. The quantitative estimate of drug-likeness (QED) is 0.649. The number of fused-ring (bicyclic) bond motifs is 1. The van der Waals surface area contributed by atoms with Crippen LogP contribution in [0.15, 0.2) is 42.7 Å². The molecular formula is C22H24ClN3O. The van der Waals surface area contributed by atoms with Gasteiger partial charge in [-0.05, 0) is 68.0 Å².